The standard InChI is InChI=1S/C25H26ClIN2/c1-28(2)23-13-9-19(15-21-10-14-24(29(3)4)17-25(21)27)20(16-23)8-5-18-6-11-22(26)12-7-18/h5-14,16-17H,15H2,1-4H3/b8-5+. The quantitative estimate of drug-likeness (QED) is 0.261. The number of benzene rings is 3. The number of nitrogens with zero attached hydrogens (tertiary/aromatic N) is 2. The van der Waals surface area contributed by atoms with Gasteiger partial charge in [-0.05, 0) is 87.7 Å². The summed E-state index contributed by atoms with van der Waals surface area (Å²) >= 11 is 8.46. The second kappa shape index (κ2) is 9.68. The first kappa shape index (κ1) is 21.7. The van der Waals surface area contributed by atoms with Crippen LogP contribution in [0.2, 0.25) is 5.02 Å². The average Bonchev–Trinajstić information content (AvgIpc) is 2.69. The van der Waals surface area contributed by atoms with Gasteiger partial charge in [0.05, 0.1) is 0 Å². The van der Waals surface area contributed by atoms with Crippen LogP contribution in [0.15, 0.2) is 60.7 Å². The monoisotopic (exact) mass is 516 g/mol. The van der Waals surface area contributed by atoms with Gasteiger partial charge in [0.2, 0.25) is 0 Å². The maximum absolute atomic E-state index is 6.01. The third-order valence-electron chi connectivity index (χ3n) is 4.91. The van der Waals surface area contributed by atoms with Crippen LogP contribution < -0.4 is 9.80 Å². The van der Waals surface area contributed by atoms with Crippen molar-refractivity contribution in [3.05, 3.63) is 91.5 Å². The molecule has 150 valence electrons. The molecule has 3 aromatic carbocycles. The molecule has 0 aromatic heterocycles. The summed E-state index contributed by atoms with van der Waals surface area (Å²) in [5, 5.41) is 0.758. The van der Waals surface area contributed by atoms with E-state index in [4.69, 9.17) is 11.6 Å². The summed E-state index contributed by atoms with van der Waals surface area (Å²) in [5.41, 5.74) is 7.46. The molecule has 29 heavy (non-hydrogen) atoms. The molecule has 0 saturated heterocycles. The topological polar surface area (TPSA) is 6.48 Å². The van der Waals surface area contributed by atoms with Crippen molar-refractivity contribution in [1.29, 1.82) is 0 Å². The normalized spacial score (nSPS) is 11.1. The van der Waals surface area contributed by atoms with E-state index in [2.05, 4.69) is 109 Å². The molecule has 3 aromatic rings. The molecular weight excluding hydrogens is 491 g/mol. The largest absolute Gasteiger partial charge is 0.378 e. The minimum atomic E-state index is 0.758. The second-order valence-corrected chi connectivity index (χ2v) is 9.11. The van der Waals surface area contributed by atoms with E-state index in [1.165, 1.54) is 31.6 Å². The van der Waals surface area contributed by atoms with Gasteiger partial charge in [-0.1, -0.05) is 48.0 Å². The van der Waals surface area contributed by atoms with Crippen molar-refractivity contribution >= 4 is 57.7 Å². The third-order valence-corrected chi connectivity index (χ3v) is 6.16. The lowest BCUT2D eigenvalue weighted by Gasteiger charge is -2.17. The highest BCUT2D eigenvalue weighted by molar-refractivity contribution is 14.1. The number of hydrogen-bond acceptors (Lipinski definition) is 2. The van der Waals surface area contributed by atoms with E-state index >= 15 is 0 Å². The minimum absolute atomic E-state index is 0.758. The van der Waals surface area contributed by atoms with E-state index in [1.54, 1.807) is 0 Å². The number of hydrogen-bond donors (Lipinski definition) is 0. The zero-order valence-electron chi connectivity index (χ0n) is 17.3. The molecule has 2 nitrogen and oxygen atoms in total. The second-order valence-electron chi connectivity index (χ2n) is 7.51. The van der Waals surface area contributed by atoms with Crippen molar-refractivity contribution in [2.75, 3.05) is 38.0 Å². The van der Waals surface area contributed by atoms with Crippen molar-refractivity contribution in [1.82, 2.24) is 0 Å². The van der Waals surface area contributed by atoms with Crippen LogP contribution in [0.25, 0.3) is 12.2 Å². The Morgan fingerprint density at radius 3 is 1.93 bits per heavy atom. The minimum Gasteiger partial charge on any atom is -0.378 e. The maximum Gasteiger partial charge on any atom is 0.0406 e. The van der Waals surface area contributed by atoms with Crippen LogP contribution in [0.1, 0.15) is 22.3 Å². The zero-order chi connectivity index (χ0) is 21.0. The molecule has 3 rings (SSSR count). The van der Waals surface area contributed by atoms with Crippen molar-refractivity contribution in [3.63, 3.8) is 0 Å². The fourth-order valence-corrected chi connectivity index (χ4v) is 3.92. The van der Waals surface area contributed by atoms with E-state index < -0.39 is 0 Å². The molecule has 0 saturated carbocycles. The molecule has 0 fully saturated rings. The van der Waals surface area contributed by atoms with Gasteiger partial charge in [-0.3, -0.25) is 0 Å². The zero-order valence-corrected chi connectivity index (χ0v) is 20.2. The van der Waals surface area contributed by atoms with Gasteiger partial charge in [0.15, 0.2) is 0 Å². The number of rotatable bonds is 6. The predicted octanol–water partition coefficient (Wildman–Crippen LogP) is 6.84. The molecule has 0 heterocycles. The van der Waals surface area contributed by atoms with Crippen LogP contribution in [0.3, 0.4) is 0 Å². The molecule has 0 bridgehead atoms. The van der Waals surface area contributed by atoms with Gasteiger partial charge < -0.3 is 9.80 Å². The van der Waals surface area contributed by atoms with Crippen molar-refractivity contribution in [2.24, 2.45) is 0 Å². The fraction of sp³-hybridized carbons (Fsp3) is 0.200. The highest BCUT2D eigenvalue weighted by Gasteiger charge is 2.08. The lowest BCUT2D eigenvalue weighted by Crippen LogP contribution is -2.10. The molecule has 4 heteroatoms. The highest BCUT2D eigenvalue weighted by Crippen LogP contribution is 2.26. The Hall–Kier alpha value is -1.98. The fourth-order valence-electron chi connectivity index (χ4n) is 3.10. The van der Waals surface area contributed by atoms with Gasteiger partial charge in [-0.15, -0.1) is 0 Å². The first-order valence-electron chi connectivity index (χ1n) is 9.53. The molecule has 0 aliphatic carbocycles. The van der Waals surface area contributed by atoms with Crippen LogP contribution in [0.4, 0.5) is 11.4 Å². The lowest BCUT2D eigenvalue weighted by molar-refractivity contribution is 1.10. The van der Waals surface area contributed by atoms with Gasteiger partial charge in [-0.2, -0.15) is 0 Å². The Balaban J connectivity index is 1.94. The summed E-state index contributed by atoms with van der Waals surface area (Å²) in [5.74, 6) is 0. The summed E-state index contributed by atoms with van der Waals surface area (Å²) in [6.07, 6.45) is 5.25. The van der Waals surface area contributed by atoms with Crippen molar-refractivity contribution in [3.8, 4) is 0 Å². The summed E-state index contributed by atoms with van der Waals surface area (Å²) in [6.45, 7) is 0. The molecule has 0 radical (unpaired) electrons. The van der Waals surface area contributed by atoms with Gasteiger partial charge in [0.1, 0.15) is 0 Å². The van der Waals surface area contributed by atoms with E-state index in [9.17, 15) is 0 Å². The summed E-state index contributed by atoms with van der Waals surface area (Å²) in [7, 11) is 8.30. The van der Waals surface area contributed by atoms with Gasteiger partial charge >= 0.3 is 0 Å². The van der Waals surface area contributed by atoms with Crippen LogP contribution in [-0.4, -0.2) is 28.2 Å². The van der Waals surface area contributed by atoms with Crippen LogP contribution in [0.5, 0.6) is 0 Å². The molecule has 0 aliphatic rings. The SMILES string of the molecule is CN(C)c1ccc(Cc2ccc(N(C)C)cc2/C=C/c2ccc(Cl)cc2)c(I)c1. The first-order valence-corrected chi connectivity index (χ1v) is 11.0. The van der Waals surface area contributed by atoms with Crippen LogP contribution >= 0.6 is 34.2 Å². The molecule has 0 amide bonds. The summed E-state index contributed by atoms with van der Waals surface area (Å²) in [4.78, 5) is 4.27. The van der Waals surface area contributed by atoms with E-state index in [-0.39, 0.29) is 0 Å². The van der Waals surface area contributed by atoms with Gasteiger partial charge in [0.25, 0.3) is 0 Å². The maximum atomic E-state index is 6.01. The predicted molar refractivity (Wildman–Crippen MR) is 137 cm³/mol. The Kier molecular flexibility index (Phi) is 7.25. The van der Waals surface area contributed by atoms with Gasteiger partial charge in [-0.25, -0.2) is 0 Å². The Morgan fingerprint density at radius 1 is 0.759 bits per heavy atom. The molecule has 0 aliphatic heterocycles. The molecule has 0 unspecified atom stereocenters. The molecule has 0 N–H and O–H groups in total. The van der Waals surface area contributed by atoms with Crippen molar-refractivity contribution in [2.45, 2.75) is 6.42 Å². The molecule has 0 spiro atoms. The lowest BCUT2D eigenvalue weighted by atomic mass is 9.98. The highest BCUT2D eigenvalue weighted by atomic mass is 127. The average molecular weight is 517 g/mol. The number of halogens is 2. The Labute approximate surface area is 192 Å². The van der Waals surface area contributed by atoms with Crippen LogP contribution in [-0.2, 0) is 6.42 Å². The first-order chi connectivity index (χ1) is 13.8. The van der Waals surface area contributed by atoms with Crippen molar-refractivity contribution < 1.29 is 0 Å². The van der Waals surface area contributed by atoms with E-state index in [0.717, 1.165) is 17.0 Å². The summed E-state index contributed by atoms with van der Waals surface area (Å²) < 4.78 is 1.29. The third kappa shape index (κ3) is 5.77. The van der Waals surface area contributed by atoms with Crippen LogP contribution in [0, 0.1) is 3.57 Å². The Bertz CT molecular complexity index is 1010. The van der Waals surface area contributed by atoms with Gasteiger partial charge in [0, 0.05) is 48.2 Å². The Morgan fingerprint density at radius 2 is 1.34 bits per heavy atom. The number of anilines is 2. The smallest absolute Gasteiger partial charge is 0.0406 e. The summed E-state index contributed by atoms with van der Waals surface area (Å²) in [6, 6.07) is 21.3. The van der Waals surface area contributed by atoms with E-state index in [0.29, 0.717) is 0 Å². The van der Waals surface area contributed by atoms with E-state index in [1.807, 2.05) is 24.3 Å². The molecule has 0 atom stereocenters. The molecular formula is C25H26ClIN2.